The van der Waals surface area contributed by atoms with Gasteiger partial charge in [0.15, 0.2) is 0 Å². The van der Waals surface area contributed by atoms with E-state index in [0.29, 0.717) is 18.0 Å². The quantitative estimate of drug-likeness (QED) is 0.882. The normalized spacial score (nSPS) is 28.6. The van der Waals surface area contributed by atoms with Gasteiger partial charge < -0.3 is 10.8 Å². The summed E-state index contributed by atoms with van der Waals surface area (Å²) in [7, 11) is 0. The molecule has 1 fully saturated rings. The Morgan fingerprint density at radius 1 is 1.40 bits per heavy atom. The van der Waals surface area contributed by atoms with Gasteiger partial charge in [-0.3, -0.25) is 0 Å². The van der Waals surface area contributed by atoms with E-state index in [4.69, 9.17) is 5.73 Å². The number of nitrogens with two attached hydrogens (primary N) is 1. The fourth-order valence-electron chi connectivity index (χ4n) is 3.46. The van der Waals surface area contributed by atoms with Crippen molar-refractivity contribution in [3.63, 3.8) is 0 Å². The maximum absolute atomic E-state index is 12.8. The van der Waals surface area contributed by atoms with E-state index in [9.17, 15) is 13.9 Å². The van der Waals surface area contributed by atoms with Gasteiger partial charge in [-0.15, -0.1) is 0 Å². The van der Waals surface area contributed by atoms with Crippen LogP contribution in [0.2, 0.25) is 0 Å². The van der Waals surface area contributed by atoms with Gasteiger partial charge in [0, 0.05) is 17.5 Å². The third-order valence-electron chi connectivity index (χ3n) is 4.59. The van der Waals surface area contributed by atoms with Gasteiger partial charge in [-0.05, 0) is 30.4 Å². The molecule has 0 aliphatic heterocycles. The largest absolute Gasteiger partial charge is 0.388 e. The van der Waals surface area contributed by atoms with E-state index in [1.165, 1.54) is 12.1 Å². The molecule has 0 radical (unpaired) electrons. The molecule has 0 spiro atoms. The molecule has 1 aromatic rings. The average Bonchev–Trinajstić information content (AvgIpc) is 2.46. The smallest absolute Gasteiger partial charge is 0.263 e. The summed E-state index contributed by atoms with van der Waals surface area (Å²) in [6.07, 6.45) is 0.600. The molecule has 112 valence electrons. The van der Waals surface area contributed by atoms with Crippen LogP contribution in [0.1, 0.15) is 56.3 Å². The number of benzene rings is 1. The predicted octanol–water partition coefficient (Wildman–Crippen LogP) is 3.81. The van der Waals surface area contributed by atoms with Crippen molar-refractivity contribution in [2.45, 2.75) is 45.1 Å². The van der Waals surface area contributed by atoms with Crippen LogP contribution in [-0.2, 0) is 0 Å². The first-order chi connectivity index (χ1) is 9.48. The van der Waals surface area contributed by atoms with Crippen molar-refractivity contribution < 1.29 is 13.9 Å². The summed E-state index contributed by atoms with van der Waals surface area (Å²) in [4.78, 5) is 0. The van der Waals surface area contributed by atoms with Crippen LogP contribution in [0.3, 0.4) is 0 Å². The maximum atomic E-state index is 12.8. The predicted molar refractivity (Wildman–Crippen MR) is 75.5 cm³/mol. The number of alkyl halides is 2. The lowest BCUT2D eigenvalue weighted by Crippen LogP contribution is -2.40. The van der Waals surface area contributed by atoms with Crippen molar-refractivity contribution in [1.29, 1.82) is 0 Å². The second-order valence-electron chi connectivity index (χ2n) is 6.14. The Kier molecular flexibility index (Phi) is 4.76. The van der Waals surface area contributed by atoms with Crippen molar-refractivity contribution >= 4 is 0 Å². The molecule has 2 nitrogen and oxygen atoms in total. The minimum Gasteiger partial charge on any atom is -0.388 e. The Bertz CT molecular complexity index is 452. The summed E-state index contributed by atoms with van der Waals surface area (Å²) in [5, 5.41) is 10.7. The van der Waals surface area contributed by atoms with Crippen LogP contribution in [0.25, 0.3) is 0 Å². The monoisotopic (exact) mass is 283 g/mol. The number of rotatable bonds is 4. The maximum Gasteiger partial charge on any atom is 0.263 e. The van der Waals surface area contributed by atoms with Gasteiger partial charge in [0.25, 0.3) is 6.43 Å². The number of hydrogen-bond acceptors (Lipinski definition) is 2. The lowest BCUT2D eigenvalue weighted by molar-refractivity contribution is -0.0132. The third kappa shape index (κ3) is 3.01. The highest BCUT2D eigenvalue weighted by atomic mass is 19.3. The number of halogens is 2. The second-order valence-corrected chi connectivity index (χ2v) is 6.14. The fraction of sp³-hybridized carbons (Fsp3) is 0.625. The van der Waals surface area contributed by atoms with Crippen molar-refractivity contribution in [3.8, 4) is 0 Å². The fourth-order valence-corrected chi connectivity index (χ4v) is 3.46. The molecular weight excluding hydrogens is 260 g/mol. The van der Waals surface area contributed by atoms with Crippen LogP contribution in [0, 0.1) is 11.3 Å². The summed E-state index contributed by atoms with van der Waals surface area (Å²) < 4.78 is 25.6. The zero-order valence-electron chi connectivity index (χ0n) is 11.9. The molecule has 2 rings (SSSR count). The van der Waals surface area contributed by atoms with Crippen molar-refractivity contribution in [2.75, 3.05) is 6.54 Å². The van der Waals surface area contributed by atoms with E-state index >= 15 is 0 Å². The Morgan fingerprint density at radius 2 is 2.10 bits per heavy atom. The Hall–Kier alpha value is -1.00. The molecule has 3 unspecified atom stereocenters. The van der Waals surface area contributed by atoms with Gasteiger partial charge in [-0.2, -0.15) is 0 Å². The van der Waals surface area contributed by atoms with E-state index in [1.54, 1.807) is 12.1 Å². The standard InChI is InChI=1S/C16H23F2NO/c1-11-4-3-7-16(9-11,10-19)14(20)12-5-2-6-13(8-12)15(17)18/h2,5-6,8,11,14-15,20H,3-4,7,9-10,19H2,1H3. The minimum atomic E-state index is -2.51. The third-order valence-corrected chi connectivity index (χ3v) is 4.59. The van der Waals surface area contributed by atoms with Gasteiger partial charge in [0.1, 0.15) is 0 Å². The van der Waals surface area contributed by atoms with Crippen LogP contribution >= 0.6 is 0 Å². The highest BCUT2D eigenvalue weighted by Gasteiger charge is 2.40. The highest BCUT2D eigenvalue weighted by Crippen LogP contribution is 2.47. The topological polar surface area (TPSA) is 46.2 Å². The summed E-state index contributed by atoms with van der Waals surface area (Å²) in [5.41, 5.74) is 6.07. The average molecular weight is 283 g/mol. The van der Waals surface area contributed by atoms with E-state index in [1.807, 2.05) is 0 Å². The lowest BCUT2D eigenvalue weighted by Gasteiger charge is -2.43. The molecule has 1 saturated carbocycles. The second kappa shape index (κ2) is 6.19. The Morgan fingerprint density at radius 3 is 2.70 bits per heavy atom. The summed E-state index contributed by atoms with van der Waals surface area (Å²) in [6.45, 7) is 2.54. The molecule has 1 aromatic carbocycles. The first-order valence-electron chi connectivity index (χ1n) is 7.24. The van der Waals surface area contributed by atoms with E-state index in [0.717, 1.165) is 25.7 Å². The zero-order valence-corrected chi connectivity index (χ0v) is 11.9. The van der Waals surface area contributed by atoms with Crippen molar-refractivity contribution in [2.24, 2.45) is 17.1 Å². The van der Waals surface area contributed by atoms with Gasteiger partial charge in [0.05, 0.1) is 6.10 Å². The molecular formula is C16H23F2NO. The molecule has 0 aromatic heterocycles. The molecule has 0 heterocycles. The van der Waals surface area contributed by atoms with Crippen molar-refractivity contribution in [1.82, 2.24) is 0 Å². The minimum absolute atomic E-state index is 0.0439. The molecule has 3 N–H and O–H groups in total. The van der Waals surface area contributed by atoms with Crippen LogP contribution in [0.5, 0.6) is 0 Å². The van der Waals surface area contributed by atoms with Crippen LogP contribution in [0.15, 0.2) is 24.3 Å². The van der Waals surface area contributed by atoms with Gasteiger partial charge in [0.2, 0.25) is 0 Å². The number of hydrogen-bond donors (Lipinski definition) is 2. The molecule has 1 aliphatic rings. The molecule has 4 heteroatoms. The van der Waals surface area contributed by atoms with Crippen LogP contribution in [-0.4, -0.2) is 11.7 Å². The Balaban J connectivity index is 2.28. The van der Waals surface area contributed by atoms with Gasteiger partial charge in [-0.25, -0.2) is 8.78 Å². The summed E-state index contributed by atoms with van der Waals surface area (Å²) >= 11 is 0. The van der Waals surface area contributed by atoms with Gasteiger partial charge in [-0.1, -0.05) is 38.0 Å². The number of aliphatic hydroxyl groups is 1. The van der Waals surface area contributed by atoms with E-state index in [-0.39, 0.29) is 11.0 Å². The molecule has 20 heavy (non-hydrogen) atoms. The SMILES string of the molecule is CC1CCCC(CN)(C(O)c2cccc(C(F)F)c2)C1. The molecule has 3 atom stereocenters. The first kappa shape index (κ1) is 15.4. The van der Waals surface area contributed by atoms with Crippen LogP contribution in [0.4, 0.5) is 8.78 Å². The zero-order chi connectivity index (χ0) is 14.8. The van der Waals surface area contributed by atoms with Crippen molar-refractivity contribution in [3.05, 3.63) is 35.4 Å². The highest BCUT2D eigenvalue weighted by molar-refractivity contribution is 5.27. The number of aliphatic hydroxyl groups excluding tert-OH is 1. The molecule has 1 aliphatic carbocycles. The van der Waals surface area contributed by atoms with E-state index < -0.39 is 12.5 Å². The molecule has 0 amide bonds. The molecule has 0 bridgehead atoms. The van der Waals surface area contributed by atoms with Crippen LogP contribution < -0.4 is 5.73 Å². The van der Waals surface area contributed by atoms with E-state index in [2.05, 4.69) is 6.92 Å². The first-order valence-corrected chi connectivity index (χ1v) is 7.24. The van der Waals surface area contributed by atoms with Gasteiger partial charge >= 0.3 is 0 Å². The lowest BCUT2D eigenvalue weighted by atomic mass is 9.65. The molecule has 0 saturated heterocycles. The summed E-state index contributed by atoms with van der Waals surface area (Å²) in [6, 6.07) is 6.09. The summed E-state index contributed by atoms with van der Waals surface area (Å²) in [5.74, 6) is 0.514. The Labute approximate surface area is 119 Å².